The first-order valence-electron chi connectivity index (χ1n) is 12.6. The number of pyridine rings is 1. The fraction of sp³-hybridized carbons (Fsp3) is 0.414. The second kappa shape index (κ2) is 12.2. The van der Waals surface area contributed by atoms with E-state index in [-0.39, 0.29) is 12.6 Å². The van der Waals surface area contributed by atoms with Crippen molar-refractivity contribution in [3.05, 3.63) is 93.2 Å². The maximum atomic E-state index is 9.16. The molecule has 3 aromatic rings. The van der Waals surface area contributed by atoms with Crippen molar-refractivity contribution in [2.75, 3.05) is 37.7 Å². The van der Waals surface area contributed by atoms with Gasteiger partial charge < -0.3 is 10.0 Å². The Morgan fingerprint density at radius 1 is 1.06 bits per heavy atom. The van der Waals surface area contributed by atoms with Crippen LogP contribution >= 0.6 is 23.2 Å². The summed E-state index contributed by atoms with van der Waals surface area (Å²) in [5, 5.41) is 10.7. The third-order valence-corrected chi connectivity index (χ3v) is 7.53. The standard InChI is InChI=1S/C29H35Cl2N3O/c1-3-26-12-9-24(18-32-26)21(2)19-33-14-15-34(29(20-33)23-7-10-25(30)11-8-23)28-13-6-22(5-4-16-35)17-27(28)31/h6-13,17-18,21,29,35H,3-5,14-16,19-20H2,1-2H3/t21?,29-/m0/s1. The summed E-state index contributed by atoms with van der Waals surface area (Å²) in [6.07, 6.45) is 4.58. The average Bonchev–Trinajstić information content (AvgIpc) is 2.88. The van der Waals surface area contributed by atoms with Crippen molar-refractivity contribution in [2.45, 2.75) is 45.1 Å². The van der Waals surface area contributed by atoms with E-state index in [0.29, 0.717) is 5.92 Å². The largest absolute Gasteiger partial charge is 0.396 e. The van der Waals surface area contributed by atoms with Crippen LogP contribution in [0.3, 0.4) is 0 Å². The van der Waals surface area contributed by atoms with Gasteiger partial charge in [0.25, 0.3) is 0 Å². The minimum atomic E-state index is 0.176. The molecule has 4 rings (SSSR count). The normalized spacial score (nSPS) is 17.5. The molecule has 186 valence electrons. The number of piperazine rings is 1. The lowest BCUT2D eigenvalue weighted by atomic mass is 9.98. The highest BCUT2D eigenvalue weighted by Gasteiger charge is 2.30. The van der Waals surface area contributed by atoms with Crippen LogP contribution in [-0.4, -0.2) is 47.8 Å². The lowest BCUT2D eigenvalue weighted by molar-refractivity contribution is 0.214. The zero-order valence-electron chi connectivity index (χ0n) is 20.6. The topological polar surface area (TPSA) is 39.6 Å². The second-order valence-corrected chi connectivity index (χ2v) is 10.3. The minimum Gasteiger partial charge on any atom is -0.396 e. The van der Waals surface area contributed by atoms with Gasteiger partial charge in [-0.25, -0.2) is 0 Å². The molecule has 1 aromatic heterocycles. The van der Waals surface area contributed by atoms with Gasteiger partial charge in [-0.05, 0) is 72.2 Å². The Balaban J connectivity index is 1.54. The van der Waals surface area contributed by atoms with Gasteiger partial charge >= 0.3 is 0 Å². The summed E-state index contributed by atoms with van der Waals surface area (Å²) in [6.45, 7) is 8.37. The van der Waals surface area contributed by atoms with Crippen LogP contribution in [0.25, 0.3) is 0 Å². The Morgan fingerprint density at radius 3 is 2.51 bits per heavy atom. The van der Waals surface area contributed by atoms with Crippen LogP contribution in [0.15, 0.2) is 60.8 Å². The number of hydrogen-bond donors (Lipinski definition) is 1. The van der Waals surface area contributed by atoms with E-state index in [1.54, 1.807) is 0 Å². The molecule has 0 saturated carbocycles. The average molecular weight is 513 g/mol. The molecule has 0 radical (unpaired) electrons. The molecule has 0 bridgehead atoms. The molecule has 6 heteroatoms. The Kier molecular flexibility index (Phi) is 9.07. The molecule has 2 aromatic carbocycles. The molecular weight excluding hydrogens is 477 g/mol. The molecule has 0 spiro atoms. The van der Waals surface area contributed by atoms with Gasteiger partial charge in [-0.1, -0.05) is 61.3 Å². The van der Waals surface area contributed by atoms with E-state index in [0.717, 1.165) is 72.4 Å². The van der Waals surface area contributed by atoms with Gasteiger partial charge in [0, 0.05) is 49.7 Å². The van der Waals surface area contributed by atoms with Crippen LogP contribution in [0.5, 0.6) is 0 Å². The van der Waals surface area contributed by atoms with Gasteiger partial charge in [0.05, 0.1) is 16.8 Å². The Bertz CT molecular complexity index is 1090. The van der Waals surface area contributed by atoms with Gasteiger partial charge in [-0.2, -0.15) is 0 Å². The molecule has 4 nitrogen and oxygen atoms in total. The lowest BCUT2D eigenvalue weighted by Gasteiger charge is -2.44. The van der Waals surface area contributed by atoms with Gasteiger partial charge in [-0.3, -0.25) is 9.88 Å². The monoisotopic (exact) mass is 511 g/mol. The molecule has 2 heterocycles. The highest BCUT2D eigenvalue weighted by atomic mass is 35.5. The third-order valence-electron chi connectivity index (χ3n) is 6.98. The predicted octanol–water partition coefficient (Wildman–Crippen LogP) is 6.54. The zero-order chi connectivity index (χ0) is 24.8. The van der Waals surface area contributed by atoms with Crippen LogP contribution in [0.2, 0.25) is 10.0 Å². The van der Waals surface area contributed by atoms with Crippen LogP contribution in [0.4, 0.5) is 5.69 Å². The maximum absolute atomic E-state index is 9.16. The number of aliphatic hydroxyl groups is 1. The molecule has 35 heavy (non-hydrogen) atoms. The third kappa shape index (κ3) is 6.56. The summed E-state index contributed by atoms with van der Waals surface area (Å²) in [5.74, 6) is 0.403. The maximum Gasteiger partial charge on any atom is 0.0670 e. The molecular formula is C29H35Cl2N3O. The molecule has 1 aliphatic rings. The number of hydrogen-bond acceptors (Lipinski definition) is 4. The summed E-state index contributed by atoms with van der Waals surface area (Å²) in [7, 11) is 0. The van der Waals surface area contributed by atoms with Crippen molar-refractivity contribution >= 4 is 28.9 Å². The van der Waals surface area contributed by atoms with Gasteiger partial charge in [0.15, 0.2) is 0 Å². The molecule has 2 atom stereocenters. The van der Waals surface area contributed by atoms with Crippen molar-refractivity contribution < 1.29 is 5.11 Å². The van der Waals surface area contributed by atoms with Gasteiger partial charge in [0.1, 0.15) is 0 Å². The van der Waals surface area contributed by atoms with Crippen molar-refractivity contribution in [2.24, 2.45) is 0 Å². The number of aliphatic hydroxyl groups excluding tert-OH is 1. The van der Waals surface area contributed by atoms with E-state index in [2.05, 4.69) is 65.0 Å². The molecule has 1 aliphatic heterocycles. The lowest BCUT2D eigenvalue weighted by Crippen LogP contribution is -2.49. The number of nitrogens with zero attached hydrogens (tertiary/aromatic N) is 3. The summed E-state index contributed by atoms with van der Waals surface area (Å²) in [5.41, 5.74) is 5.88. The first-order chi connectivity index (χ1) is 17.0. The van der Waals surface area contributed by atoms with Crippen molar-refractivity contribution in [3.63, 3.8) is 0 Å². The van der Waals surface area contributed by atoms with Crippen LogP contribution in [0.1, 0.15) is 54.6 Å². The van der Waals surface area contributed by atoms with E-state index in [9.17, 15) is 0 Å². The number of aryl methyl sites for hydroxylation is 2. The summed E-state index contributed by atoms with van der Waals surface area (Å²) in [6, 6.07) is 19.1. The number of benzene rings is 2. The fourth-order valence-electron chi connectivity index (χ4n) is 4.92. The molecule has 0 amide bonds. The fourth-order valence-corrected chi connectivity index (χ4v) is 5.35. The predicted molar refractivity (Wildman–Crippen MR) is 147 cm³/mol. The van der Waals surface area contributed by atoms with Crippen molar-refractivity contribution in [3.8, 4) is 0 Å². The summed E-state index contributed by atoms with van der Waals surface area (Å²) >= 11 is 13.0. The highest BCUT2D eigenvalue weighted by Crippen LogP contribution is 2.36. The smallest absolute Gasteiger partial charge is 0.0670 e. The first kappa shape index (κ1) is 26.0. The Morgan fingerprint density at radius 2 is 1.86 bits per heavy atom. The summed E-state index contributed by atoms with van der Waals surface area (Å²) < 4.78 is 0. The van der Waals surface area contributed by atoms with Crippen LogP contribution in [0, 0.1) is 0 Å². The van der Waals surface area contributed by atoms with Crippen molar-refractivity contribution in [1.29, 1.82) is 0 Å². The van der Waals surface area contributed by atoms with E-state index < -0.39 is 0 Å². The molecule has 1 unspecified atom stereocenters. The Hall–Kier alpha value is -2.11. The zero-order valence-corrected chi connectivity index (χ0v) is 22.1. The van der Waals surface area contributed by atoms with Gasteiger partial charge in [0.2, 0.25) is 0 Å². The quantitative estimate of drug-likeness (QED) is 0.353. The van der Waals surface area contributed by atoms with Gasteiger partial charge in [-0.15, -0.1) is 0 Å². The number of halogens is 2. The highest BCUT2D eigenvalue weighted by molar-refractivity contribution is 6.33. The SMILES string of the molecule is CCc1ccc(C(C)CN2CCN(c3ccc(CCCO)cc3Cl)[C@H](c3ccc(Cl)cc3)C2)cn1. The molecule has 1 N–H and O–H groups in total. The molecule has 1 fully saturated rings. The van der Waals surface area contributed by atoms with E-state index >= 15 is 0 Å². The number of rotatable bonds is 9. The first-order valence-corrected chi connectivity index (χ1v) is 13.3. The van der Waals surface area contributed by atoms with Crippen LogP contribution < -0.4 is 4.90 Å². The number of anilines is 1. The summed E-state index contributed by atoms with van der Waals surface area (Å²) in [4.78, 5) is 9.59. The minimum absolute atomic E-state index is 0.176. The Labute approximate surface area is 219 Å². The molecule has 1 saturated heterocycles. The van der Waals surface area contributed by atoms with E-state index in [1.165, 1.54) is 11.1 Å². The molecule has 0 aliphatic carbocycles. The van der Waals surface area contributed by atoms with E-state index in [4.69, 9.17) is 28.3 Å². The van der Waals surface area contributed by atoms with Crippen LogP contribution in [-0.2, 0) is 12.8 Å². The van der Waals surface area contributed by atoms with Crippen molar-refractivity contribution in [1.82, 2.24) is 9.88 Å². The number of aromatic nitrogens is 1. The van der Waals surface area contributed by atoms with E-state index in [1.807, 2.05) is 24.4 Å². The second-order valence-electron chi connectivity index (χ2n) is 9.47.